The van der Waals surface area contributed by atoms with Crippen molar-refractivity contribution in [2.75, 3.05) is 0 Å². The highest BCUT2D eigenvalue weighted by atomic mass is 16.5. The Kier molecular flexibility index (Phi) is 2.98. The van der Waals surface area contributed by atoms with Gasteiger partial charge >= 0.3 is 0 Å². The standard InChI is InChI=1S/C15H12O7/c16-7-3-9(17)8-5-12(20)15(22-13(8)4-7)6-1-10(18)14(21)11(19)2-6/h1-4,15-19,21H,5H2. The van der Waals surface area contributed by atoms with Crippen LogP contribution in [-0.2, 0) is 11.2 Å². The molecule has 0 amide bonds. The van der Waals surface area contributed by atoms with E-state index in [1.165, 1.54) is 6.07 Å². The first-order chi connectivity index (χ1) is 10.4. The van der Waals surface area contributed by atoms with Gasteiger partial charge in [0.05, 0.1) is 0 Å². The minimum absolute atomic E-state index is 0.130. The fourth-order valence-corrected chi connectivity index (χ4v) is 2.39. The minimum Gasteiger partial charge on any atom is -0.508 e. The summed E-state index contributed by atoms with van der Waals surface area (Å²) < 4.78 is 5.47. The van der Waals surface area contributed by atoms with Crippen molar-refractivity contribution in [1.29, 1.82) is 0 Å². The van der Waals surface area contributed by atoms with E-state index in [0.29, 0.717) is 0 Å². The summed E-state index contributed by atoms with van der Waals surface area (Å²) in [4.78, 5) is 12.2. The summed E-state index contributed by atoms with van der Waals surface area (Å²) >= 11 is 0. The summed E-state index contributed by atoms with van der Waals surface area (Å²) in [6.07, 6.45) is -1.26. The molecule has 0 saturated heterocycles. The highest BCUT2D eigenvalue weighted by Crippen LogP contribution is 2.43. The van der Waals surface area contributed by atoms with Crippen molar-refractivity contribution < 1.29 is 35.1 Å². The molecule has 7 heteroatoms. The van der Waals surface area contributed by atoms with E-state index < -0.39 is 29.1 Å². The van der Waals surface area contributed by atoms with E-state index in [0.717, 1.165) is 18.2 Å². The van der Waals surface area contributed by atoms with E-state index in [1.54, 1.807) is 0 Å². The smallest absolute Gasteiger partial charge is 0.200 e. The second-order valence-electron chi connectivity index (χ2n) is 4.99. The molecule has 5 N–H and O–H groups in total. The third kappa shape index (κ3) is 2.12. The van der Waals surface area contributed by atoms with Crippen LogP contribution < -0.4 is 4.74 Å². The molecular formula is C15H12O7. The molecule has 0 spiro atoms. The molecule has 1 atom stereocenters. The lowest BCUT2D eigenvalue weighted by molar-refractivity contribution is -0.126. The summed E-state index contributed by atoms with van der Waals surface area (Å²) in [6, 6.07) is 4.57. The Morgan fingerprint density at radius 1 is 0.909 bits per heavy atom. The molecule has 22 heavy (non-hydrogen) atoms. The zero-order chi connectivity index (χ0) is 16.0. The lowest BCUT2D eigenvalue weighted by atomic mass is 9.95. The zero-order valence-electron chi connectivity index (χ0n) is 11.1. The normalized spacial score (nSPS) is 16.9. The Bertz CT molecular complexity index is 759. The number of carbonyl (C=O) groups excluding carboxylic acids is 1. The van der Waals surface area contributed by atoms with Gasteiger partial charge in [0, 0.05) is 29.7 Å². The van der Waals surface area contributed by atoms with Crippen LogP contribution in [0.25, 0.3) is 0 Å². The fourth-order valence-electron chi connectivity index (χ4n) is 2.39. The maximum absolute atomic E-state index is 12.2. The van der Waals surface area contributed by atoms with Crippen molar-refractivity contribution in [3.63, 3.8) is 0 Å². The number of hydrogen-bond acceptors (Lipinski definition) is 7. The molecule has 114 valence electrons. The van der Waals surface area contributed by atoms with Gasteiger partial charge in [-0.2, -0.15) is 0 Å². The Morgan fingerprint density at radius 3 is 2.18 bits per heavy atom. The van der Waals surface area contributed by atoms with Crippen molar-refractivity contribution in [3.8, 4) is 34.5 Å². The lowest BCUT2D eigenvalue weighted by Gasteiger charge is -2.26. The van der Waals surface area contributed by atoms with Gasteiger partial charge in [-0.3, -0.25) is 4.79 Å². The van der Waals surface area contributed by atoms with Gasteiger partial charge < -0.3 is 30.3 Å². The summed E-state index contributed by atoms with van der Waals surface area (Å²) in [5.74, 6) is -2.61. The maximum Gasteiger partial charge on any atom is 0.200 e. The largest absolute Gasteiger partial charge is 0.508 e. The number of aromatic hydroxyl groups is 5. The molecule has 0 saturated carbocycles. The predicted octanol–water partition coefficient (Wildman–Crippen LogP) is 1.46. The van der Waals surface area contributed by atoms with Crippen molar-refractivity contribution in [2.45, 2.75) is 12.5 Å². The van der Waals surface area contributed by atoms with Crippen LogP contribution in [0.5, 0.6) is 34.5 Å². The summed E-state index contributed by atoms with van der Waals surface area (Å²) in [5, 5.41) is 47.6. The van der Waals surface area contributed by atoms with E-state index >= 15 is 0 Å². The van der Waals surface area contributed by atoms with Gasteiger partial charge in [0.25, 0.3) is 0 Å². The Labute approximate surface area is 124 Å². The first-order valence-corrected chi connectivity index (χ1v) is 6.36. The number of fused-ring (bicyclic) bond motifs is 1. The first kappa shape index (κ1) is 13.9. The van der Waals surface area contributed by atoms with Gasteiger partial charge in [-0.1, -0.05) is 0 Å². The summed E-state index contributed by atoms with van der Waals surface area (Å²) in [5.41, 5.74) is 0.401. The van der Waals surface area contributed by atoms with Gasteiger partial charge in [0.15, 0.2) is 29.1 Å². The molecule has 1 aliphatic heterocycles. The van der Waals surface area contributed by atoms with E-state index in [4.69, 9.17) is 4.74 Å². The molecule has 2 aromatic rings. The predicted molar refractivity (Wildman–Crippen MR) is 73.3 cm³/mol. The van der Waals surface area contributed by atoms with Crippen LogP contribution in [0.2, 0.25) is 0 Å². The molecular weight excluding hydrogens is 292 g/mol. The average molecular weight is 304 g/mol. The highest BCUT2D eigenvalue weighted by Gasteiger charge is 2.32. The third-order valence-corrected chi connectivity index (χ3v) is 3.45. The number of benzene rings is 2. The highest BCUT2D eigenvalue weighted by molar-refractivity contribution is 5.90. The van der Waals surface area contributed by atoms with Crippen LogP contribution in [0.1, 0.15) is 17.2 Å². The van der Waals surface area contributed by atoms with Gasteiger partial charge in [-0.15, -0.1) is 0 Å². The summed E-state index contributed by atoms with van der Waals surface area (Å²) in [7, 11) is 0. The Hall–Kier alpha value is -3.09. The minimum atomic E-state index is -1.13. The van der Waals surface area contributed by atoms with Crippen LogP contribution in [0, 0.1) is 0 Å². The van der Waals surface area contributed by atoms with Gasteiger partial charge in [0.1, 0.15) is 17.2 Å². The zero-order valence-corrected chi connectivity index (χ0v) is 11.1. The lowest BCUT2D eigenvalue weighted by Crippen LogP contribution is -2.25. The quantitative estimate of drug-likeness (QED) is 0.505. The van der Waals surface area contributed by atoms with Crippen molar-refractivity contribution in [3.05, 3.63) is 35.4 Å². The number of carbonyl (C=O) groups is 1. The molecule has 0 aromatic heterocycles. The molecule has 0 bridgehead atoms. The van der Waals surface area contributed by atoms with Crippen molar-refractivity contribution in [2.24, 2.45) is 0 Å². The number of phenols is 5. The molecule has 1 heterocycles. The second-order valence-corrected chi connectivity index (χ2v) is 4.99. The third-order valence-electron chi connectivity index (χ3n) is 3.45. The molecule has 3 rings (SSSR count). The number of hydrogen-bond donors (Lipinski definition) is 5. The SMILES string of the molecule is O=C1Cc2c(O)cc(O)cc2OC1c1cc(O)c(O)c(O)c1. The average Bonchev–Trinajstić information content (AvgIpc) is 2.44. The van der Waals surface area contributed by atoms with Crippen LogP contribution in [0.3, 0.4) is 0 Å². The van der Waals surface area contributed by atoms with E-state index in [1.807, 2.05) is 0 Å². The van der Waals surface area contributed by atoms with Crippen LogP contribution in [-0.4, -0.2) is 31.3 Å². The van der Waals surface area contributed by atoms with Gasteiger partial charge in [-0.05, 0) is 12.1 Å². The summed E-state index contributed by atoms with van der Waals surface area (Å²) in [6.45, 7) is 0. The molecule has 0 aliphatic carbocycles. The number of Topliss-reactive ketones (excluding diaryl/α,β-unsaturated/α-hetero) is 1. The first-order valence-electron chi connectivity index (χ1n) is 6.36. The number of rotatable bonds is 1. The number of ether oxygens (including phenoxy) is 1. The number of ketones is 1. The molecule has 2 aromatic carbocycles. The van der Waals surface area contributed by atoms with Gasteiger partial charge in [-0.25, -0.2) is 0 Å². The molecule has 7 nitrogen and oxygen atoms in total. The molecule has 0 fully saturated rings. The molecule has 1 aliphatic rings. The second kappa shape index (κ2) is 4.73. The Morgan fingerprint density at radius 2 is 1.55 bits per heavy atom. The fraction of sp³-hybridized carbons (Fsp3) is 0.133. The van der Waals surface area contributed by atoms with Crippen molar-refractivity contribution in [1.82, 2.24) is 0 Å². The van der Waals surface area contributed by atoms with Crippen LogP contribution >= 0.6 is 0 Å². The van der Waals surface area contributed by atoms with Gasteiger partial charge in [0.2, 0.25) is 0 Å². The monoisotopic (exact) mass is 304 g/mol. The molecule has 1 unspecified atom stereocenters. The molecule has 0 radical (unpaired) electrons. The topological polar surface area (TPSA) is 127 Å². The van der Waals surface area contributed by atoms with Crippen LogP contribution in [0.15, 0.2) is 24.3 Å². The maximum atomic E-state index is 12.2. The van der Waals surface area contributed by atoms with E-state index in [9.17, 15) is 30.3 Å². The van der Waals surface area contributed by atoms with Crippen molar-refractivity contribution >= 4 is 5.78 Å². The number of phenolic OH excluding ortho intramolecular Hbond substituents is 5. The Balaban J connectivity index is 2.05. The van der Waals surface area contributed by atoms with Crippen LogP contribution in [0.4, 0.5) is 0 Å². The van der Waals surface area contributed by atoms with E-state index in [2.05, 4.69) is 0 Å². The van der Waals surface area contributed by atoms with E-state index in [-0.39, 0.29) is 34.8 Å².